The minimum atomic E-state index is -3.12. The molecule has 0 saturated carbocycles. The number of alkyl halides is 2. The minimum absolute atomic E-state index is 0.0818. The Balaban J connectivity index is 2.97. The summed E-state index contributed by atoms with van der Waals surface area (Å²) in [4.78, 5) is 22.1. The van der Waals surface area contributed by atoms with Gasteiger partial charge in [-0.15, -0.1) is 0 Å². The van der Waals surface area contributed by atoms with E-state index in [9.17, 15) is 18.4 Å². The van der Waals surface area contributed by atoms with Crippen molar-refractivity contribution in [2.45, 2.75) is 6.43 Å². The van der Waals surface area contributed by atoms with Gasteiger partial charge in [0, 0.05) is 12.7 Å². The molecule has 0 atom stereocenters. The predicted molar refractivity (Wildman–Crippen MR) is 59.5 cm³/mol. The lowest BCUT2D eigenvalue weighted by Crippen LogP contribution is -2.21. The molecule has 2 N–H and O–H groups in total. The van der Waals surface area contributed by atoms with Gasteiger partial charge in [-0.3, -0.25) is 9.59 Å². The highest BCUT2D eigenvalue weighted by Gasteiger charge is 2.16. The summed E-state index contributed by atoms with van der Waals surface area (Å²) in [5.41, 5.74) is 0.180. The smallest absolute Gasteiger partial charge is 0.315 e. The second kappa shape index (κ2) is 5.58. The van der Waals surface area contributed by atoms with E-state index in [2.05, 4.69) is 5.32 Å². The zero-order valence-electron chi connectivity index (χ0n) is 8.76. The summed E-state index contributed by atoms with van der Waals surface area (Å²) in [6.07, 6.45) is -3.12. The predicted octanol–water partition coefficient (Wildman–Crippen LogP) is 1.90. The second-order valence-corrected chi connectivity index (χ2v) is 3.47. The first-order valence-electron chi connectivity index (χ1n) is 4.56. The van der Waals surface area contributed by atoms with E-state index >= 15 is 0 Å². The SMILES string of the molecule is CNC(=O)c1cc(NC(=O)C(F)F)ccc1Cl. The molecule has 1 aromatic rings. The van der Waals surface area contributed by atoms with Crippen molar-refractivity contribution in [1.29, 1.82) is 0 Å². The van der Waals surface area contributed by atoms with Gasteiger partial charge in [-0.1, -0.05) is 11.6 Å². The van der Waals surface area contributed by atoms with Crippen LogP contribution in [-0.2, 0) is 4.79 Å². The molecule has 92 valence electrons. The summed E-state index contributed by atoms with van der Waals surface area (Å²) in [7, 11) is 1.41. The van der Waals surface area contributed by atoms with Crippen molar-refractivity contribution in [2.75, 3.05) is 12.4 Å². The lowest BCUT2D eigenvalue weighted by Gasteiger charge is -2.07. The van der Waals surface area contributed by atoms with Gasteiger partial charge in [0.1, 0.15) is 0 Å². The van der Waals surface area contributed by atoms with Gasteiger partial charge in [-0.05, 0) is 18.2 Å². The van der Waals surface area contributed by atoms with E-state index in [0.717, 1.165) is 0 Å². The van der Waals surface area contributed by atoms with Crippen LogP contribution in [0.5, 0.6) is 0 Å². The molecule has 0 aliphatic heterocycles. The van der Waals surface area contributed by atoms with E-state index in [-0.39, 0.29) is 16.3 Å². The monoisotopic (exact) mass is 262 g/mol. The van der Waals surface area contributed by atoms with Gasteiger partial charge in [0.15, 0.2) is 0 Å². The zero-order chi connectivity index (χ0) is 13.0. The number of benzene rings is 1. The Morgan fingerprint density at radius 2 is 2.00 bits per heavy atom. The summed E-state index contributed by atoms with van der Waals surface area (Å²) >= 11 is 5.75. The Kier molecular flexibility index (Phi) is 4.39. The van der Waals surface area contributed by atoms with Crippen LogP contribution in [0.25, 0.3) is 0 Å². The molecule has 17 heavy (non-hydrogen) atoms. The van der Waals surface area contributed by atoms with Gasteiger partial charge in [-0.25, -0.2) is 0 Å². The molecular formula is C10H9ClF2N2O2. The van der Waals surface area contributed by atoms with Crippen molar-refractivity contribution in [1.82, 2.24) is 5.32 Å². The first-order valence-corrected chi connectivity index (χ1v) is 4.94. The number of anilines is 1. The molecule has 1 rings (SSSR count). The van der Waals surface area contributed by atoms with Crippen LogP contribution in [0.4, 0.5) is 14.5 Å². The van der Waals surface area contributed by atoms with Gasteiger partial charge in [0.05, 0.1) is 10.6 Å². The van der Waals surface area contributed by atoms with Crippen LogP contribution in [0.1, 0.15) is 10.4 Å². The van der Waals surface area contributed by atoms with Crippen LogP contribution < -0.4 is 10.6 Å². The molecule has 0 spiro atoms. The first kappa shape index (κ1) is 13.4. The molecular weight excluding hydrogens is 254 g/mol. The number of amides is 2. The Bertz CT molecular complexity index is 452. The van der Waals surface area contributed by atoms with Gasteiger partial charge < -0.3 is 10.6 Å². The van der Waals surface area contributed by atoms with E-state index in [4.69, 9.17) is 11.6 Å². The molecule has 0 aliphatic rings. The largest absolute Gasteiger partial charge is 0.355 e. The van der Waals surface area contributed by atoms with E-state index in [0.29, 0.717) is 0 Å². The standard InChI is InChI=1S/C10H9ClF2N2O2/c1-14-9(16)6-4-5(2-3-7(6)11)15-10(17)8(12)13/h2-4,8H,1H3,(H,14,16)(H,15,17). The average Bonchev–Trinajstić information content (AvgIpc) is 2.30. The third kappa shape index (κ3) is 3.39. The molecule has 0 radical (unpaired) electrons. The highest BCUT2D eigenvalue weighted by Crippen LogP contribution is 2.20. The lowest BCUT2D eigenvalue weighted by atomic mass is 10.2. The van der Waals surface area contributed by atoms with Crippen molar-refractivity contribution in [2.24, 2.45) is 0 Å². The maximum absolute atomic E-state index is 12.0. The van der Waals surface area contributed by atoms with Crippen LogP contribution >= 0.6 is 11.6 Å². The van der Waals surface area contributed by atoms with Crippen LogP contribution in [0.15, 0.2) is 18.2 Å². The maximum Gasteiger partial charge on any atom is 0.315 e. The molecule has 2 amide bonds. The third-order valence-electron chi connectivity index (χ3n) is 1.90. The third-order valence-corrected chi connectivity index (χ3v) is 2.23. The van der Waals surface area contributed by atoms with Crippen molar-refractivity contribution >= 4 is 29.1 Å². The molecule has 7 heteroatoms. The molecule has 0 aliphatic carbocycles. The number of halogens is 3. The van der Waals surface area contributed by atoms with Crippen LogP contribution in [0.3, 0.4) is 0 Å². The van der Waals surface area contributed by atoms with Crippen LogP contribution in [0.2, 0.25) is 5.02 Å². The molecule has 0 bridgehead atoms. The number of rotatable bonds is 3. The average molecular weight is 263 g/mol. The first-order chi connectivity index (χ1) is 7.95. The number of hydrogen-bond acceptors (Lipinski definition) is 2. The van der Waals surface area contributed by atoms with Gasteiger partial charge in [-0.2, -0.15) is 8.78 Å². The van der Waals surface area contributed by atoms with E-state index in [1.165, 1.54) is 25.2 Å². The number of carbonyl (C=O) groups excluding carboxylic acids is 2. The Labute approximate surface area is 101 Å². The second-order valence-electron chi connectivity index (χ2n) is 3.06. The Hall–Kier alpha value is -1.69. The number of carbonyl (C=O) groups is 2. The summed E-state index contributed by atoms with van der Waals surface area (Å²) in [5.74, 6) is -1.90. The normalized spacial score (nSPS) is 10.2. The topological polar surface area (TPSA) is 58.2 Å². The minimum Gasteiger partial charge on any atom is -0.355 e. The van der Waals surface area contributed by atoms with Crippen molar-refractivity contribution < 1.29 is 18.4 Å². The highest BCUT2D eigenvalue weighted by molar-refractivity contribution is 6.34. The van der Waals surface area contributed by atoms with Crippen molar-refractivity contribution in [3.8, 4) is 0 Å². The summed E-state index contributed by atoms with van der Waals surface area (Å²) in [6, 6.07) is 3.89. The van der Waals surface area contributed by atoms with E-state index < -0.39 is 18.2 Å². The number of hydrogen-bond donors (Lipinski definition) is 2. The fourth-order valence-electron chi connectivity index (χ4n) is 1.11. The summed E-state index contributed by atoms with van der Waals surface area (Å²) in [6.45, 7) is 0. The molecule has 1 aromatic carbocycles. The summed E-state index contributed by atoms with van der Waals surface area (Å²) < 4.78 is 24.0. The zero-order valence-corrected chi connectivity index (χ0v) is 9.52. The Morgan fingerprint density at radius 3 is 2.53 bits per heavy atom. The van der Waals surface area contributed by atoms with Gasteiger partial charge in [0.2, 0.25) is 0 Å². The lowest BCUT2D eigenvalue weighted by molar-refractivity contribution is -0.126. The molecule has 0 fully saturated rings. The highest BCUT2D eigenvalue weighted by atomic mass is 35.5. The van der Waals surface area contributed by atoms with E-state index in [1.807, 2.05) is 5.32 Å². The van der Waals surface area contributed by atoms with Crippen molar-refractivity contribution in [3.63, 3.8) is 0 Å². The molecule has 0 heterocycles. The van der Waals surface area contributed by atoms with Crippen LogP contribution in [0, 0.1) is 0 Å². The quantitative estimate of drug-likeness (QED) is 0.874. The van der Waals surface area contributed by atoms with E-state index in [1.54, 1.807) is 0 Å². The maximum atomic E-state index is 12.0. The molecule has 0 saturated heterocycles. The fraction of sp³-hybridized carbons (Fsp3) is 0.200. The molecule has 4 nitrogen and oxygen atoms in total. The molecule has 0 unspecified atom stereocenters. The summed E-state index contributed by atoms with van der Waals surface area (Å²) in [5, 5.41) is 4.47. The van der Waals surface area contributed by atoms with Crippen LogP contribution in [-0.4, -0.2) is 25.3 Å². The van der Waals surface area contributed by atoms with Crippen molar-refractivity contribution in [3.05, 3.63) is 28.8 Å². The van der Waals surface area contributed by atoms with Gasteiger partial charge >= 0.3 is 6.43 Å². The van der Waals surface area contributed by atoms with Gasteiger partial charge in [0.25, 0.3) is 11.8 Å². The fourth-order valence-corrected chi connectivity index (χ4v) is 1.31. The molecule has 0 aromatic heterocycles. The Morgan fingerprint density at radius 1 is 1.35 bits per heavy atom. The number of nitrogens with one attached hydrogen (secondary N) is 2.